The number of ketones is 1. The smallest absolute Gasteiger partial charge is 0.223 e. The molecule has 2 atom stereocenters. The SMILES string of the molecule is CC1CC(OCC(=O)c2cc3ccccc3o2)CC(C)O1. The van der Waals surface area contributed by atoms with Gasteiger partial charge < -0.3 is 13.9 Å². The van der Waals surface area contributed by atoms with E-state index in [9.17, 15) is 4.79 Å². The molecule has 0 radical (unpaired) electrons. The highest BCUT2D eigenvalue weighted by molar-refractivity contribution is 5.98. The minimum Gasteiger partial charge on any atom is -0.453 e. The summed E-state index contributed by atoms with van der Waals surface area (Å²) in [7, 11) is 0. The zero-order chi connectivity index (χ0) is 14.8. The fourth-order valence-electron chi connectivity index (χ4n) is 2.86. The zero-order valence-electron chi connectivity index (χ0n) is 12.4. The van der Waals surface area contributed by atoms with Crippen LogP contribution in [0.3, 0.4) is 0 Å². The number of Topliss-reactive ketones (excluding diaryl/α,β-unsaturated/α-hetero) is 1. The lowest BCUT2D eigenvalue weighted by Crippen LogP contribution is -2.35. The molecule has 0 amide bonds. The van der Waals surface area contributed by atoms with Gasteiger partial charge >= 0.3 is 0 Å². The van der Waals surface area contributed by atoms with Crippen LogP contribution in [0.15, 0.2) is 34.7 Å². The van der Waals surface area contributed by atoms with Crippen LogP contribution in [0, 0.1) is 0 Å². The van der Waals surface area contributed by atoms with E-state index in [1.807, 2.05) is 38.1 Å². The second-order valence-corrected chi connectivity index (χ2v) is 5.73. The summed E-state index contributed by atoms with van der Waals surface area (Å²) < 4.78 is 17.0. The van der Waals surface area contributed by atoms with Crippen LogP contribution in [0.1, 0.15) is 37.2 Å². The summed E-state index contributed by atoms with van der Waals surface area (Å²) >= 11 is 0. The molecule has 1 aliphatic heterocycles. The second-order valence-electron chi connectivity index (χ2n) is 5.73. The van der Waals surface area contributed by atoms with Gasteiger partial charge in [-0.1, -0.05) is 18.2 Å². The Morgan fingerprint density at radius 2 is 1.95 bits per heavy atom. The molecule has 1 fully saturated rings. The monoisotopic (exact) mass is 288 g/mol. The highest BCUT2D eigenvalue weighted by atomic mass is 16.5. The highest BCUT2D eigenvalue weighted by Crippen LogP contribution is 2.23. The van der Waals surface area contributed by atoms with Crippen LogP contribution in [0.4, 0.5) is 0 Å². The highest BCUT2D eigenvalue weighted by Gasteiger charge is 2.26. The van der Waals surface area contributed by atoms with Crippen molar-refractivity contribution in [1.29, 1.82) is 0 Å². The third-order valence-corrected chi connectivity index (χ3v) is 3.80. The Hall–Kier alpha value is -1.65. The van der Waals surface area contributed by atoms with Crippen LogP contribution in [0.5, 0.6) is 0 Å². The first-order chi connectivity index (χ1) is 10.1. The van der Waals surface area contributed by atoms with Gasteiger partial charge in [0.1, 0.15) is 12.2 Å². The molecule has 1 aromatic heterocycles. The molecule has 0 aliphatic carbocycles. The van der Waals surface area contributed by atoms with Crippen LogP contribution >= 0.6 is 0 Å². The Morgan fingerprint density at radius 3 is 2.67 bits per heavy atom. The van der Waals surface area contributed by atoms with Crippen molar-refractivity contribution >= 4 is 16.8 Å². The van der Waals surface area contributed by atoms with E-state index in [1.165, 1.54) is 0 Å². The van der Waals surface area contributed by atoms with Crippen molar-refractivity contribution in [3.63, 3.8) is 0 Å². The lowest BCUT2D eigenvalue weighted by atomic mass is 10.0. The van der Waals surface area contributed by atoms with E-state index in [0.29, 0.717) is 5.76 Å². The van der Waals surface area contributed by atoms with Crippen molar-refractivity contribution < 1.29 is 18.7 Å². The Bertz CT molecular complexity index is 588. The number of benzene rings is 1. The summed E-state index contributed by atoms with van der Waals surface area (Å²) in [5.41, 5.74) is 0.731. The van der Waals surface area contributed by atoms with Crippen LogP contribution < -0.4 is 0 Å². The van der Waals surface area contributed by atoms with Gasteiger partial charge in [0.15, 0.2) is 5.76 Å². The summed E-state index contributed by atoms with van der Waals surface area (Å²) in [6, 6.07) is 9.37. The first kappa shape index (κ1) is 14.3. The summed E-state index contributed by atoms with van der Waals surface area (Å²) in [6.07, 6.45) is 2.10. The average Bonchev–Trinajstić information content (AvgIpc) is 2.87. The number of furan rings is 1. The van der Waals surface area contributed by atoms with Crippen molar-refractivity contribution in [2.75, 3.05) is 6.61 Å². The van der Waals surface area contributed by atoms with E-state index in [-0.39, 0.29) is 30.7 Å². The van der Waals surface area contributed by atoms with Gasteiger partial charge in [-0.05, 0) is 38.8 Å². The van der Waals surface area contributed by atoms with Gasteiger partial charge in [0, 0.05) is 5.39 Å². The van der Waals surface area contributed by atoms with Crippen molar-refractivity contribution in [1.82, 2.24) is 0 Å². The first-order valence-corrected chi connectivity index (χ1v) is 7.40. The van der Waals surface area contributed by atoms with Gasteiger partial charge in [0.05, 0.1) is 18.3 Å². The molecule has 1 saturated heterocycles. The molecule has 112 valence electrons. The third kappa shape index (κ3) is 3.34. The molecule has 0 bridgehead atoms. The van der Waals surface area contributed by atoms with E-state index in [1.54, 1.807) is 6.07 Å². The van der Waals surface area contributed by atoms with Crippen molar-refractivity contribution in [3.05, 3.63) is 36.1 Å². The third-order valence-electron chi connectivity index (χ3n) is 3.80. The minimum absolute atomic E-state index is 0.0595. The van der Waals surface area contributed by atoms with E-state index in [2.05, 4.69) is 0 Å². The number of carbonyl (C=O) groups excluding carboxylic acids is 1. The summed E-state index contributed by atoms with van der Waals surface area (Å²) in [4.78, 5) is 12.2. The van der Waals surface area contributed by atoms with Crippen LogP contribution in [-0.4, -0.2) is 30.7 Å². The molecule has 4 heteroatoms. The minimum atomic E-state index is -0.113. The van der Waals surface area contributed by atoms with Crippen LogP contribution in [0.25, 0.3) is 11.0 Å². The van der Waals surface area contributed by atoms with Crippen molar-refractivity contribution in [3.8, 4) is 0 Å². The molecule has 4 nitrogen and oxygen atoms in total. The molecule has 0 spiro atoms. The maximum Gasteiger partial charge on any atom is 0.223 e. The number of rotatable bonds is 4. The summed E-state index contributed by atoms with van der Waals surface area (Å²) in [5, 5.41) is 0.939. The summed E-state index contributed by atoms with van der Waals surface area (Å²) in [6.45, 7) is 4.13. The van der Waals surface area contributed by atoms with E-state index < -0.39 is 0 Å². The molecular formula is C17H20O4. The normalized spacial score (nSPS) is 26.1. The zero-order valence-corrected chi connectivity index (χ0v) is 12.4. The maximum absolute atomic E-state index is 12.2. The number of carbonyl (C=O) groups is 1. The van der Waals surface area contributed by atoms with Crippen molar-refractivity contribution in [2.24, 2.45) is 0 Å². The largest absolute Gasteiger partial charge is 0.453 e. The first-order valence-electron chi connectivity index (χ1n) is 7.40. The second kappa shape index (κ2) is 6.00. The molecule has 3 rings (SSSR count). The molecule has 0 N–H and O–H groups in total. The molecule has 1 aliphatic rings. The lowest BCUT2D eigenvalue weighted by molar-refractivity contribution is -0.0976. The van der Waals surface area contributed by atoms with Gasteiger partial charge in [0.25, 0.3) is 0 Å². The van der Waals surface area contributed by atoms with Gasteiger partial charge in [-0.25, -0.2) is 0 Å². The predicted octanol–water partition coefficient (Wildman–Crippen LogP) is 3.59. The van der Waals surface area contributed by atoms with Crippen LogP contribution in [0.2, 0.25) is 0 Å². The van der Waals surface area contributed by atoms with E-state index >= 15 is 0 Å². The number of ether oxygens (including phenoxy) is 2. The Balaban J connectivity index is 1.61. The van der Waals surface area contributed by atoms with Gasteiger partial charge in [0.2, 0.25) is 5.78 Å². The molecule has 21 heavy (non-hydrogen) atoms. The number of para-hydroxylation sites is 1. The quantitative estimate of drug-likeness (QED) is 0.807. The molecule has 2 unspecified atom stereocenters. The maximum atomic E-state index is 12.2. The summed E-state index contributed by atoms with van der Waals surface area (Å²) in [5.74, 6) is 0.252. The Morgan fingerprint density at radius 1 is 1.24 bits per heavy atom. The topological polar surface area (TPSA) is 48.7 Å². The van der Waals surface area contributed by atoms with Gasteiger partial charge in [-0.15, -0.1) is 0 Å². The molecule has 0 saturated carbocycles. The van der Waals surface area contributed by atoms with Crippen LogP contribution in [-0.2, 0) is 9.47 Å². The number of fused-ring (bicyclic) bond motifs is 1. The number of hydrogen-bond donors (Lipinski definition) is 0. The molecule has 1 aromatic carbocycles. The standard InChI is InChI=1S/C17H20O4/c1-11-7-14(8-12(2)20-11)19-10-15(18)17-9-13-5-3-4-6-16(13)21-17/h3-6,9,11-12,14H,7-8,10H2,1-2H3. The predicted molar refractivity (Wildman–Crippen MR) is 79.5 cm³/mol. The van der Waals surface area contributed by atoms with Crippen molar-refractivity contribution in [2.45, 2.75) is 45.0 Å². The van der Waals surface area contributed by atoms with Gasteiger partial charge in [-0.2, -0.15) is 0 Å². The Labute approximate surface area is 124 Å². The van der Waals surface area contributed by atoms with E-state index in [4.69, 9.17) is 13.9 Å². The Kier molecular flexibility index (Phi) is 4.08. The molecular weight excluding hydrogens is 268 g/mol. The number of hydrogen-bond acceptors (Lipinski definition) is 4. The van der Waals surface area contributed by atoms with Gasteiger partial charge in [-0.3, -0.25) is 4.79 Å². The molecule has 2 heterocycles. The fraction of sp³-hybridized carbons (Fsp3) is 0.471. The van der Waals surface area contributed by atoms with E-state index in [0.717, 1.165) is 23.8 Å². The molecule has 2 aromatic rings. The fourth-order valence-corrected chi connectivity index (χ4v) is 2.86. The average molecular weight is 288 g/mol. The lowest BCUT2D eigenvalue weighted by Gasteiger charge is -2.31.